The van der Waals surface area contributed by atoms with Crippen molar-refractivity contribution in [1.29, 1.82) is 5.26 Å². The number of anilines is 2. The maximum absolute atomic E-state index is 13.1. The van der Waals surface area contributed by atoms with Crippen molar-refractivity contribution < 1.29 is 9.59 Å². The van der Waals surface area contributed by atoms with Gasteiger partial charge in [-0.3, -0.25) is 10.1 Å². The van der Waals surface area contributed by atoms with Gasteiger partial charge in [0.2, 0.25) is 0 Å². The third-order valence-corrected chi connectivity index (χ3v) is 8.34. The lowest BCUT2D eigenvalue weighted by molar-refractivity contribution is 0.0690. The first kappa shape index (κ1) is 31.5. The number of aryl methyl sites for hydroxylation is 2. The van der Waals surface area contributed by atoms with Gasteiger partial charge >= 0.3 is 6.03 Å². The Bertz CT molecular complexity index is 1670. The van der Waals surface area contributed by atoms with Gasteiger partial charge in [-0.1, -0.05) is 62.7 Å². The van der Waals surface area contributed by atoms with Crippen molar-refractivity contribution in [3.63, 3.8) is 0 Å². The molecule has 2 heterocycles. The fraction of sp³-hybridized carbons (Fsp3) is 0.351. The molecule has 5 rings (SSSR count). The van der Waals surface area contributed by atoms with Crippen LogP contribution in [0.15, 0.2) is 78.9 Å². The molecule has 8 heteroatoms. The molecule has 4 aromatic rings. The van der Waals surface area contributed by atoms with Crippen LogP contribution in [0.5, 0.6) is 0 Å². The summed E-state index contributed by atoms with van der Waals surface area (Å²) < 4.78 is 1.77. The van der Waals surface area contributed by atoms with Crippen LogP contribution in [0.3, 0.4) is 0 Å². The molecule has 0 radical (unpaired) electrons. The maximum Gasteiger partial charge on any atom is 0.324 e. The Morgan fingerprint density at radius 1 is 0.933 bits per heavy atom. The second-order valence-electron chi connectivity index (χ2n) is 13.0. The van der Waals surface area contributed by atoms with Gasteiger partial charge in [0.25, 0.3) is 5.91 Å². The number of amides is 3. The van der Waals surface area contributed by atoms with Gasteiger partial charge in [-0.2, -0.15) is 10.4 Å². The minimum atomic E-state index is -0.330. The van der Waals surface area contributed by atoms with E-state index in [1.807, 2.05) is 78.6 Å². The van der Waals surface area contributed by atoms with Crippen LogP contribution in [-0.2, 0) is 18.3 Å². The number of nitriles is 1. The largest absolute Gasteiger partial charge is 0.339 e. The van der Waals surface area contributed by atoms with Gasteiger partial charge in [0.05, 0.1) is 17.5 Å². The van der Waals surface area contributed by atoms with E-state index in [0.717, 1.165) is 54.9 Å². The average molecular weight is 603 g/mol. The number of piperidine rings is 1. The summed E-state index contributed by atoms with van der Waals surface area (Å²) in [6, 6.07) is 27.5. The molecule has 1 aliphatic rings. The van der Waals surface area contributed by atoms with Gasteiger partial charge in [0.1, 0.15) is 5.82 Å². The molecule has 3 amide bonds. The number of carbonyl (C=O) groups excluding carboxylic acids is 2. The quantitative estimate of drug-likeness (QED) is 0.216. The molecule has 8 nitrogen and oxygen atoms in total. The summed E-state index contributed by atoms with van der Waals surface area (Å²) in [6.45, 7) is 9.82. The Kier molecular flexibility index (Phi) is 9.68. The van der Waals surface area contributed by atoms with E-state index in [0.29, 0.717) is 35.8 Å². The SMILES string of the molecule is Cc1ccc(-n2nc(C(C)(C)C)cc2NC(=O)Nc2ccc(CC3CCN(C(=O)c4cccc(CCC#N)c4)CC3)cc2)cc1. The second-order valence-corrected chi connectivity index (χ2v) is 13.0. The monoisotopic (exact) mass is 602 g/mol. The summed E-state index contributed by atoms with van der Waals surface area (Å²) in [6.07, 6.45) is 3.95. The van der Waals surface area contributed by atoms with E-state index >= 15 is 0 Å². The molecular weight excluding hydrogens is 560 g/mol. The second kappa shape index (κ2) is 13.8. The number of likely N-dealkylation sites (tertiary alicyclic amines) is 1. The predicted octanol–water partition coefficient (Wildman–Crippen LogP) is 7.67. The number of urea groups is 1. The highest BCUT2D eigenvalue weighted by Crippen LogP contribution is 2.27. The third kappa shape index (κ3) is 8.18. The topological polar surface area (TPSA) is 103 Å². The van der Waals surface area contributed by atoms with Crippen LogP contribution in [0, 0.1) is 24.2 Å². The first-order valence-electron chi connectivity index (χ1n) is 15.7. The predicted molar refractivity (Wildman–Crippen MR) is 179 cm³/mol. The number of hydrogen-bond acceptors (Lipinski definition) is 4. The fourth-order valence-corrected chi connectivity index (χ4v) is 5.64. The molecule has 3 aromatic carbocycles. The number of hydrogen-bond donors (Lipinski definition) is 2. The summed E-state index contributed by atoms with van der Waals surface area (Å²) in [5.74, 6) is 1.17. The fourth-order valence-electron chi connectivity index (χ4n) is 5.64. The molecule has 2 N–H and O–H groups in total. The standard InChI is InChI=1S/C37H42N6O2/c1-26-10-16-32(17-11-26)43-34(25-33(41-43)37(2,3)4)40-36(45)39-31-14-12-28(13-15-31)23-29-18-21-42(22-19-29)35(44)30-9-5-7-27(24-30)8-6-20-38/h5,7,9-17,24-25,29H,6,8,18-19,21-23H2,1-4H3,(H2,39,40,45). The lowest BCUT2D eigenvalue weighted by atomic mass is 9.90. The van der Waals surface area contributed by atoms with Crippen LogP contribution in [0.4, 0.5) is 16.3 Å². The number of carbonyl (C=O) groups is 2. The minimum absolute atomic E-state index is 0.0671. The Morgan fingerprint density at radius 3 is 2.31 bits per heavy atom. The number of rotatable bonds is 8. The third-order valence-electron chi connectivity index (χ3n) is 8.34. The molecular formula is C37H42N6O2. The molecule has 45 heavy (non-hydrogen) atoms. The first-order valence-corrected chi connectivity index (χ1v) is 15.7. The molecule has 0 saturated carbocycles. The summed E-state index contributed by atoms with van der Waals surface area (Å²) in [4.78, 5) is 28.1. The minimum Gasteiger partial charge on any atom is -0.339 e. The van der Waals surface area contributed by atoms with Crippen molar-refractivity contribution in [3.05, 3.63) is 107 Å². The molecule has 0 unspecified atom stereocenters. The van der Waals surface area contributed by atoms with Crippen LogP contribution < -0.4 is 10.6 Å². The van der Waals surface area contributed by atoms with E-state index in [4.69, 9.17) is 10.4 Å². The zero-order valence-corrected chi connectivity index (χ0v) is 26.6. The highest BCUT2D eigenvalue weighted by molar-refractivity contribution is 5.99. The van der Waals surface area contributed by atoms with Crippen molar-refractivity contribution >= 4 is 23.4 Å². The van der Waals surface area contributed by atoms with E-state index in [2.05, 4.69) is 49.6 Å². The van der Waals surface area contributed by atoms with Crippen LogP contribution in [-0.4, -0.2) is 39.7 Å². The van der Waals surface area contributed by atoms with E-state index in [9.17, 15) is 9.59 Å². The summed E-state index contributed by atoms with van der Waals surface area (Å²) in [5.41, 5.74) is 6.40. The highest BCUT2D eigenvalue weighted by Gasteiger charge is 2.24. The average Bonchev–Trinajstić information content (AvgIpc) is 3.46. The van der Waals surface area contributed by atoms with Crippen LogP contribution in [0.1, 0.15) is 72.8 Å². The summed E-state index contributed by atoms with van der Waals surface area (Å²) in [5, 5.41) is 19.6. The normalized spacial score (nSPS) is 13.7. The Hall–Kier alpha value is -4.90. The molecule has 0 aliphatic carbocycles. The van der Waals surface area contributed by atoms with Crippen LogP contribution in [0.2, 0.25) is 0 Å². The van der Waals surface area contributed by atoms with Crippen molar-refractivity contribution in [3.8, 4) is 11.8 Å². The van der Waals surface area contributed by atoms with Gasteiger partial charge in [0.15, 0.2) is 0 Å². The van der Waals surface area contributed by atoms with Crippen LogP contribution in [0.25, 0.3) is 5.69 Å². The van der Waals surface area contributed by atoms with Gasteiger partial charge in [-0.05, 0) is 86.1 Å². The molecule has 0 atom stereocenters. The molecule has 0 spiro atoms. The molecule has 1 fully saturated rings. The van der Waals surface area contributed by atoms with Gasteiger partial charge < -0.3 is 10.2 Å². The first-order chi connectivity index (χ1) is 21.6. The molecule has 0 bridgehead atoms. The van der Waals surface area contributed by atoms with E-state index < -0.39 is 0 Å². The van der Waals surface area contributed by atoms with Crippen molar-refractivity contribution in [2.24, 2.45) is 5.92 Å². The maximum atomic E-state index is 13.1. The molecule has 232 valence electrons. The Balaban J connectivity index is 1.14. The molecule has 1 aliphatic heterocycles. The van der Waals surface area contributed by atoms with E-state index in [-0.39, 0.29) is 17.4 Å². The Labute approximate surface area is 266 Å². The summed E-state index contributed by atoms with van der Waals surface area (Å²) >= 11 is 0. The van der Waals surface area contributed by atoms with E-state index in [1.165, 1.54) is 5.56 Å². The highest BCUT2D eigenvalue weighted by atomic mass is 16.2. The molecule has 1 aromatic heterocycles. The Morgan fingerprint density at radius 2 is 1.64 bits per heavy atom. The molecule has 1 saturated heterocycles. The zero-order valence-electron chi connectivity index (χ0n) is 26.6. The number of aromatic nitrogens is 2. The zero-order chi connectivity index (χ0) is 32.0. The van der Waals surface area contributed by atoms with E-state index in [1.54, 1.807) is 4.68 Å². The number of benzene rings is 3. The van der Waals surface area contributed by atoms with Gasteiger partial charge in [-0.25, -0.2) is 9.48 Å². The smallest absolute Gasteiger partial charge is 0.324 e. The van der Waals surface area contributed by atoms with Crippen molar-refractivity contribution in [2.45, 2.75) is 65.2 Å². The van der Waals surface area contributed by atoms with Crippen molar-refractivity contribution in [2.75, 3.05) is 23.7 Å². The van der Waals surface area contributed by atoms with Gasteiger partial charge in [-0.15, -0.1) is 0 Å². The number of nitrogens with zero attached hydrogens (tertiary/aromatic N) is 4. The van der Waals surface area contributed by atoms with Crippen molar-refractivity contribution in [1.82, 2.24) is 14.7 Å². The number of nitrogens with one attached hydrogen (secondary N) is 2. The summed E-state index contributed by atoms with van der Waals surface area (Å²) in [7, 11) is 0. The van der Waals surface area contributed by atoms with Gasteiger partial charge in [0, 0.05) is 42.2 Å². The van der Waals surface area contributed by atoms with Crippen LogP contribution >= 0.6 is 0 Å². The lowest BCUT2D eigenvalue weighted by Gasteiger charge is -2.32. The lowest BCUT2D eigenvalue weighted by Crippen LogP contribution is -2.38.